The van der Waals surface area contributed by atoms with E-state index in [4.69, 9.17) is 15.3 Å². The topological polar surface area (TPSA) is 73.6 Å². The first-order valence-corrected chi connectivity index (χ1v) is 7.24. The lowest BCUT2D eigenvalue weighted by atomic mass is 10.2. The minimum atomic E-state index is -0.305. The third-order valence-corrected chi connectivity index (χ3v) is 3.41. The maximum atomic E-state index is 11.2. The van der Waals surface area contributed by atoms with Gasteiger partial charge in [-0.05, 0) is 36.4 Å². The molecule has 3 N–H and O–H groups in total. The molecular formula is C13H20N2O3S. The molecule has 0 unspecified atom stereocenters. The summed E-state index contributed by atoms with van der Waals surface area (Å²) < 4.78 is 10.5. The number of carbonyl (C=O) groups is 1. The summed E-state index contributed by atoms with van der Waals surface area (Å²) in [6.45, 7) is 1.46. The molecule has 0 fully saturated rings. The summed E-state index contributed by atoms with van der Waals surface area (Å²) in [5.41, 5.74) is 2.60. The van der Waals surface area contributed by atoms with Crippen LogP contribution in [0.2, 0.25) is 0 Å². The van der Waals surface area contributed by atoms with Gasteiger partial charge in [-0.25, -0.2) is 5.84 Å². The van der Waals surface area contributed by atoms with E-state index in [9.17, 15) is 4.79 Å². The predicted molar refractivity (Wildman–Crippen MR) is 77.4 cm³/mol. The van der Waals surface area contributed by atoms with Gasteiger partial charge in [0, 0.05) is 25.0 Å². The number of carbonyl (C=O) groups excluding carboxylic acids is 1. The van der Waals surface area contributed by atoms with Crippen molar-refractivity contribution >= 4 is 17.7 Å². The van der Waals surface area contributed by atoms with E-state index in [1.165, 1.54) is 0 Å². The van der Waals surface area contributed by atoms with E-state index in [0.29, 0.717) is 12.2 Å². The number of nitrogen functional groups attached to an aromatic ring is 1. The number of hydrogen-bond acceptors (Lipinski definition) is 5. The van der Waals surface area contributed by atoms with Crippen LogP contribution in [0.15, 0.2) is 24.3 Å². The second kappa shape index (κ2) is 9.66. The lowest BCUT2D eigenvalue weighted by Gasteiger charge is -2.06. The van der Waals surface area contributed by atoms with Crippen molar-refractivity contribution < 1.29 is 14.3 Å². The van der Waals surface area contributed by atoms with Crippen molar-refractivity contribution in [1.82, 2.24) is 5.43 Å². The second-order valence-electron chi connectivity index (χ2n) is 3.81. The van der Waals surface area contributed by atoms with Gasteiger partial charge in [-0.1, -0.05) is 0 Å². The molecule has 1 aromatic rings. The van der Waals surface area contributed by atoms with Crippen LogP contribution in [0.1, 0.15) is 16.8 Å². The van der Waals surface area contributed by atoms with Crippen LogP contribution in [0.5, 0.6) is 5.75 Å². The zero-order valence-electron chi connectivity index (χ0n) is 11.1. The van der Waals surface area contributed by atoms with Crippen LogP contribution in [-0.2, 0) is 4.74 Å². The quantitative estimate of drug-likeness (QED) is 0.311. The Balaban J connectivity index is 2.18. The minimum absolute atomic E-state index is 0.305. The summed E-state index contributed by atoms with van der Waals surface area (Å²) >= 11 is 1.84. The monoisotopic (exact) mass is 284 g/mol. The highest BCUT2D eigenvalue weighted by molar-refractivity contribution is 7.99. The number of benzene rings is 1. The smallest absolute Gasteiger partial charge is 0.265 e. The number of hydrazine groups is 1. The highest BCUT2D eigenvalue weighted by Crippen LogP contribution is 2.13. The van der Waals surface area contributed by atoms with Crippen LogP contribution >= 0.6 is 11.8 Å². The molecule has 0 saturated heterocycles. The summed E-state index contributed by atoms with van der Waals surface area (Å²) in [5.74, 6) is 7.51. The molecule has 19 heavy (non-hydrogen) atoms. The largest absolute Gasteiger partial charge is 0.493 e. The number of methoxy groups -OCH3 is 1. The maximum Gasteiger partial charge on any atom is 0.265 e. The molecule has 0 heterocycles. The van der Waals surface area contributed by atoms with E-state index in [1.807, 2.05) is 11.8 Å². The molecule has 0 aliphatic carbocycles. The Morgan fingerprint density at radius 2 is 2.00 bits per heavy atom. The highest BCUT2D eigenvalue weighted by atomic mass is 32.2. The highest BCUT2D eigenvalue weighted by Gasteiger charge is 2.02. The molecule has 5 nitrogen and oxygen atoms in total. The lowest BCUT2D eigenvalue weighted by Crippen LogP contribution is -2.29. The summed E-state index contributed by atoms with van der Waals surface area (Å²) in [7, 11) is 1.71. The van der Waals surface area contributed by atoms with Crippen LogP contribution < -0.4 is 16.0 Å². The molecule has 0 radical (unpaired) electrons. The number of thioether (sulfide) groups is 1. The molecule has 1 aromatic carbocycles. The van der Waals surface area contributed by atoms with Crippen molar-refractivity contribution in [3.8, 4) is 5.75 Å². The fraction of sp³-hybridized carbons (Fsp3) is 0.462. The summed E-state index contributed by atoms with van der Waals surface area (Å²) in [6.07, 6.45) is 1.06. The standard InChI is InChI=1S/C13H20N2O3S/c1-17-7-2-9-19-10-8-18-12-5-3-11(4-6-12)13(16)15-14/h3-6H,2,7-10,14H2,1H3,(H,15,16). The van der Waals surface area contributed by atoms with Crippen molar-refractivity contribution in [3.05, 3.63) is 29.8 Å². The van der Waals surface area contributed by atoms with Crippen molar-refractivity contribution in [2.75, 3.05) is 31.8 Å². The van der Waals surface area contributed by atoms with Crippen LogP contribution in [0.3, 0.4) is 0 Å². The van der Waals surface area contributed by atoms with Crippen LogP contribution in [0, 0.1) is 0 Å². The average molecular weight is 284 g/mol. The molecule has 0 spiro atoms. The first kappa shape index (κ1) is 15.8. The van der Waals surface area contributed by atoms with Gasteiger partial charge >= 0.3 is 0 Å². The molecule has 0 aliphatic rings. The summed E-state index contributed by atoms with van der Waals surface area (Å²) in [5, 5.41) is 0. The SMILES string of the molecule is COCCCSCCOc1ccc(C(=O)NN)cc1. The normalized spacial score (nSPS) is 10.2. The Morgan fingerprint density at radius 1 is 1.26 bits per heavy atom. The summed E-state index contributed by atoms with van der Waals surface area (Å²) in [6, 6.07) is 6.90. The van der Waals surface area contributed by atoms with Gasteiger partial charge in [0.2, 0.25) is 0 Å². The Kier molecular flexibility index (Phi) is 8.04. The van der Waals surface area contributed by atoms with E-state index in [2.05, 4.69) is 5.43 Å². The Bertz CT molecular complexity index is 371. The van der Waals surface area contributed by atoms with Crippen LogP contribution in [-0.4, -0.2) is 37.7 Å². The maximum absolute atomic E-state index is 11.2. The molecule has 1 amide bonds. The number of rotatable bonds is 9. The second-order valence-corrected chi connectivity index (χ2v) is 5.03. The van der Waals surface area contributed by atoms with E-state index >= 15 is 0 Å². The number of nitrogens with two attached hydrogens (primary N) is 1. The van der Waals surface area contributed by atoms with Crippen molar-refractivity contribution in [2.24, 2.45) is 5.84 Å². The van der Waals surface area contributed by atoms with E-state index in [1.54, 1.807) is 31.4 Å². The fourth-order valence-corrected chi connectivity index (χ4v) is 2.14. The first-order valence-electron chi connectivity index (χ1n) is 6.08. The number of hydrogen-bond donors (Lipinski definition) is 2. The van der Waals surface area contributed by atoms with Gasteiger partial charge in [-0.3, -0.25) is 10.2 Å². The minimum Gasteiger partial charge on any atom is -0.493 e. The average Bonchev–Trinajstić information content (AvgIpc) is 2.46. The third-order valence-electron chi connectivity index (χ3n) is 2.38. The van der Waals surface area contributed by atoms with Crippen LogP contribution in [0.4, 0.5) is 0 Å². The summed E-state index contributed by atoms with van der Waals surface area (Å²) in [4.78, 5) is 11.2. The Morgan fingerprint density at radius 3 is 2.63 bits per heavy atom. The van der Waals surface area contributed by atoms with Crippen LogP contribution in [0.25, 0.3) is 0 Å². The molecule has 0 aliphatic heterocycles. The molecule has 6 heteroatoms. The van der Waals surface area contributed by atoms with Gasteiger partial charge < -0.3 is 9.47 Å². The van der Waals surface area contributed by atoms with Gasteiger partial charge in [-0.15, -0.1) is 0 Å². The first-order chi connectivity index (χ1) is 9.27. The molecular weight excluding hydrogens is 264 g/mol. The molecule has 0 atom stereocenters. The van der Waals surface area contributed by atoms with Gasteiger partial charge in [0.15, 0.2) is 0 Å². The Hall–Kier alpha value is -1.24. The number of nitrogens with one attached hydrogen (secondary N) is 1. The molecule has 0 saturated carbocycles. The Labute approximate surface area is 117 Å². The molecule has 0 bridgehead atoms. The van der Waals surface area contributed by atoms with E-state index < -0.39 is 0 Å². The van der Waals surface area contributed by atoms with E-state index in [0.717, 1.165) is 30.3 Å². The molecule has 1 rings (SSSR count). The number of amides is 1. The zero-order chi connectivity index (χ0) is 13.9. The predicted octanol–water partition coefficient (Wildman–Crippen LogP) is 1.44. The van der Waals surface area contributed by atoms with Crippen molar-refractivity contribution in [2.45, 2.75) is 6.42 Å². The van der Waals surface area contributed by atoms with Crippen molar-refractivity contribution in [3.63, 3.8) is 0 Å². The zero-order valence-corrected chi connectivity index (χ0v) is 11.9. The van der Waals surface area contributed by atoms with Gasteiger partial charge in [-0.2, -0.15) is 11.8 Å². The van der Waals surface area contributed by atoms with E-state index in [-0.39, 0.29) is 5.91 Å². The van der Waals surface area contributed by atoms with Gasteiger partial charge in [0.05, 0.1) is 6.61 Å². The lowest BCUT2D eigenvalue weighted by molar-refractivity contribution is 0.0953. The molecule has 106 valence electrons. The van der Waals surface area contributed by atoms with Gasteiger partial charge in [0.25, 0.3) is 5.91 Å². The van der Waals surface area contributed by atoms with Gasteiger partial charge in [0.1, 0.15) is 5.75 Å². The third kappa shape index (κ3) is 6.47. The number of ether oxygens (including phenoxy) is 2. The molecule has 0 aromatic heterocycles. The fourth-order valence-electron chi connectivity index (χ4n) is 1.41. The van der Waals surface area contributed by atoms with Crippen molar-refractivity contribution in [1.29, 1.82) is 0 Å².